The smallest absolute Gasteiger partial charge is 0.172 e. The van der Waals surface area contributed by atoms with Gasteiger partial charge in [-0.15, -0.1) is 0 Å². The Kier molecular flexibility index (Phi) is 2.02. The van der Waals surface area contributed by atoms with E-state index >= 15 is 0 Å². The summed E-state index contributed by atoms with van der Waals surface area (Å²) < 4.78 is 4.73. The second-order valence-electron chi connectivity index (χ2n) is 2.19. The Morgan fingerprint density at radius 3 is 2.56 bits per heavy atom. The van der Waals surface area contributed by atoms with E-state index in [4.69, 9.17) is 20.7 Å². The Bertz CT molecular complexity index is 88.2. The molecule has 0 saturated carbocycles. The van der Waals surface area contributed by atoms with Gasteiger partial charge < -0.3 is 20.7 Å². The molecular formula is C5H11NO3. The summed E-state index contributed by atoms with van der Waals surface area (Å²) in [7, 11) is 0. The Labute approximate surface area is 53.2 Å². The minimum Gasteiger partial charge on any atom is -0.391 e. The molecular weight excluding hydrogens is 122 g/mol. The van der Waals surface area contributed by atoms with Crippen LogP contribution in [0.2, 0.25) is 0 Å². The molecule has 0 aromatic rings. The molecule has 0 unspecified atom stereocenters. The summed E-state index contributed by atoms with van der Waals surface area (Å²) in [6, 6.07) is -0.640. The molecule has 1 fully saturated rings. The summed E-state index contributed by atoms with van der Waals surface area (Å²) in [5.41, 5.74) is 5.30. The second kappa shape index (κ2) is 2.62. The van der Waals surface area contributed by atoms with Gasteiger partial charge in [-0.1, -0.05) is 0 Å². The van der Waals surface area contributed by atoms with E-state index < -0.39 is 18.4 Å². The average molecular weight is 133 g/mol. The van der Waals surface area contributed by atoms with Gasteiger partial charge in [-0.2, -0.15) is 0 Å². The summed E-state index contributed by atoms with van der Waals surface area (Å²) in [5.74, 6) is 0. The minimum absolute atomic E-state index is 0.385. The normalized spacial score (nSPS) is 45.0. The van der Waals surface area contributed by atoms with Crippen molar-refractivity contribution in [3.8, 4) is 0 Å². The van der Waals surface area contributed by atoms with Crippen LogP contribution in [0.4, 0.5) is 0 Å². The zero-order valence-electron chi connectivity index (χ0n) is 5.03. The van der Waals surface area contributed by atoms with E-state index in [-0.39, 0.29) is 0 Å². The Balaban J connectivity index is 2.41. The molecule has 3 atom stereocenters. The number of rotatable bonds is 0. The number of aliphatic hydroxyl groups excluding tert-OH is 2. The maximum atomic E-state index is 8.98. The van der Waals surface area contributed by atoms with Crippen LogP contribution in [0.15, 0.2) is 0 Å². The van der Waals surface area contributed by atoms with Crippen molar-refractivity contribution in [2.75, 3.05) is 6.61 Å². The first kappa shape index (κ1) is 6.95. The first-order chi connectivity index (χ1) is 4.22. The molecule has 1 saturated heterocycles. The number of aliphatic hydroxyl groups is 2. The largest absolute Gasteiger partial charge is 0.391 e. The molecule has 0 radical (unpaired) electrons. The molecule has 0 amide bonds. The third kappa shape index (κ3) is 1.40. The van der Waals surface area contributed by atoms with E-state index in [1.807, 2.05) is 0 Å². The number of nitrogens with two attached hydrogens (primary N) is 1. The molecule has 0 bridgehead atoms. The van der Waals surface area contributed by atoms with Crippen LogP contribution in [-0.4, -0.2) is 35.3 Å². The Morgan fingerprint density at radius 2 is 2.11 bits per heavy atom. The van der Waals surface area contributed by atoms with Crippen LogP contribution >= 0.6 is 0 Å². The summed E-state index contributed by atoms with van der Waals surface area (Å²) in [5, 5.41) is 17.8. The topological polar surface area (TPSA) is 75.7 Å². The molecule has 4 nitrogen and oxygen atoms in total. The van der Waals surface area contributed by atoms with Crippen molar-refractivity contribution in [2.45, 2.75) is 24.9 Å². The first-order valence-electron chi connectivity index (χ1n) is 2.95. The third-order valence-corrected chi connectivity index (χ3v) is 1.48. The molecule has 4 N–H and O–H groups in total. The third-order valence-electron chi connectivity index (χ3n) is 1.48. The lowest BCUT2D eigenvalue weighted by Crippen LogP contribution is -2.50. The molecule has 0 aromatic heterocycles. The van der Waals surface area contributed by atoms with Gasteiger partial charge in [-0.25, -0.2) is 0 Å². The van der Waals surface area contributed by atoms with Gasteiger partial charge in [-0.05, 0) is 6.42 Å². The maximum absolute atomic E-state index is 8.98. The quantitative estimate of drug-likeness (QED) is 0.372. The van der Waals surface area contributed by atoms with Crippen LogP contribution in [-0.2, 0) is 4.74 Å². The van der Waals surface area contributed by atoms with E-state index in [2.05, 4.69) is 0 Å². The van der Waals surface area contributed by atoms with Gasteiger partial charge in [0.2, 0.25) is 0 Å². The second-order valence-corrected chi connectivity index (χ2v) is 2.19. The lowest BCUT2D eigenvalue weighted by atomic mass is 10.1. The van der Waals surface area contributed by atoms with Crippen molar-refractivity contribution in [1.29, 1.82) is 0 Å². The highest BCUT2D eigenvalue weighted by atomic mass is 16.6. The van der Waals surface area contributed by atoms with Crippen molar-refractivity contribution in [3.63, 3.8) is 0 Å². The molecule has 1 heterocycles. The zero-order valence-corrected chi connectivity index (χ0v) is 5.03. The van der Waals surface area contributed by atoms with Gasteiger partial charge in [0.15, 0.2) is 6.29 Å². The average Bonchev–Trinajstić information content (AvgIpc) is 1.83. The lowest BCUT2D eigenvalue weighted by Gasteiger charge is -2.28. The standard InChI is InChI=1S/C5H11NO3/c6-4-3(7)1-2-9-5(4)8/h3-5,7-8H,1-2,6H2/t3-,4+,5-/m0/s1. The highest BCUT2D eigenvalue weighted by Crippen LogP contribution is 2.09. The molecule has 0 aliphatic carbocycles. The van der Waals surface area contributed by atoms with Crippen LogP contribution in [0.5, 0.6) is 0 Å². The van der Waals surface area contributed by atoms with Gasteiger partial charge in [0.25, 0.3) is 0 Å². The van der Waals surface area contributed by atoms with Gasteiger partial charge >= 0.3 is 0 Å². The van der Waals surface area contributed by atoms with Crippen LogP contribution in [0.1, 0.15) is 6.42 Å². The monoisotopic (exact) mass is 133 g/mol. The Morgan fingerprint density at radius 1 is 1.44 bits per heavy atom. The molecule has 0 aromatic carbocycles. The van der Waals surface area contributed by atoms with Crippen LogP contribution < -0.4 is 5.73 Å². The van der Waals surface area contributed by atoms with E-state index in [9.17, 15) is 0 Å². The SMILES string of the molecule is N[C@@H]1[C@@H](O)CCO[C@@H]1O. The molecule has 1 rings (SSSR count). The van der Waals surface area contributed by atoms with E-state index in [1.54, 1.807) is 0 Å². The predicted octanol–water partition coefficient (Wildman–Crippen LogP) is -1.59. The molecule has 1 aliphatic heterocycles. The van der Waals surface area contributed by atoms with Crippen molar-refractivity contribution in [3.05, 3.63) is 0 Å². The highest BCUT2D eigenvalue weighted by molar-refractivity contribution is 4.77. The lowest BCUT2D eigenvalue weighted by molar-refractivity contribution is -0.165. The fourth-order valence-corrected chi connectivity index (χ4v) is 0.803. The summed E-state index contributed by atoms with van der Waals surface area (Å²) in [6.45, 7) is 0.385. The van der Waals surface area contributed by atoms with Gasteiger partial charge in [0, 0.05) is 0 Å². The molecule has 1 aliphatic rings. The van der Waals surface area contributed by atoms with E-state index in [0.717, 1.165) is 0 Å². The van der Waals surface area contributed by atoms with E-state index in [1.165, 1.54) is 0 Å². The molecule has 9 heavy (non-hydrogen) atoms. The van der Waals surface area contributed by atoms with Crippen LogP contribution in [0, 0.1) is 0 Å². The summed E-state index contributed by atoms with van der Waals surface area (Å²) in [6.07, 6.45) is -1.10. The number of hydrogen-bond donors (Lipinski definition) is 3. The minimum atomic E-state index is -0.992. The van der Waals surface area contributed by atoms with Gasteiger partial charge in [-0.3, -0.25) is 0 Å². The fourth-order valence-electron chi connectivity index (χ4n) is 0.803. The first-order valence-corrected chi connectivity index (χ1v) is 2.95. The summed E-state index contributed by atoms with van der Waals surface area (Å²) >= 11 is 0. The van der Waals surface area contributed by atoms with E-state index in [0.29, 0.717) is 13.0 Å². The van der Waals surface area contributed by atoms with Crippen molar-refractivity contribution in [1.82, 2.24) is 0 Å². The highest BCUT2D eigenvalue weighted by Gasteiger charge is 2.27. The van der Waals surface area contributed by atoms with Crippen molar-refractivity contribution in [2.24, 2.45) is 5.73 Å². The Hall–Kier alpha value is -0.160. The van der Waals surface area contributed by atoms with Crippen LogP contribution in [0.3, 0.4) is 0 Å². The fraction of sp³-hybridized carbons (Fsp3) is 1.00. The van der Waals surface area contributed by atoms with Crippen molar-refractivity contribution >= 4 is 0 Å². The number of hydrogen-bond acceptors (Lipinski definition) is 4. The molecule has 0 spiro atoms. The molecule has 54 valence electrons. The van der Waals surface area contributed by atoms with Crippen molar-refractivity contribution < 1.29 is 14.9 Å². The number of ether oxygens (including phenoxy) is 1. The maximum Gasteiger partial charge on any atom is 0.172 e. The predicted molar refractivity (Wildman–Crippen MR) is 30.6 cm³/mol. The van der Waals surface area contributed by atoms with Gasteiger partial charge in [0.1, 0.15) is 0 Å². The molecule has 4 heteroatoms. The summed E-state index contributed by atoms with van der Waals surface area (Å²) in [4.78, 5) is 0. The zero-order chi connectivity index (χ0) is 6.85. The van der Waals surface area contributed by atoms with Gasteiger partial charge in [0.05, 0.1) is 18.8 Å². The van der Waals surface area contributed by atoms with Crippen LogP contribution in [0.25, 0.3) is 0 Å².